The van der Waals surface area contributed by atoms with Crippen LogP contribution in [0.5, 0.6) is 0 Å². The van der Waals surface area contributed by atoms with Gasteiger partial charge in [-0.15, -0.1) is 0 Å². The summed E-state index contributed by atoms with van der Waals surface area (Å²) >= 11 is 0. The third kappa shape index (κ3) is 3.92. The van der Waals surface area contributed by atoms with Gasteiger partial charge in [-0.1, -0.05) is 38.1 Å². The van der Waals surface area contributed by atoms with E-state index < -0.39 is 24.0 Å². The van der Waals surface area contributed by atoms with E-state index >= 15 is 0 Å². The largest absolute Gasteiger partial charge is 0.463 e. The van der Waals surface area contributed by atoms with Gasteiger partial charge in [0.1, 0.15) is 0 Å². The second-order valence-electron chi connectivity index (χ2n) is 5.09. The number of nitrogens with one attached hydrogen (secondary N) is 1. The highest BCUT2D eigenvalue weighted by Gasteiger charge is 2.63. The number of rotatable bonds is 4. The molecule has 1 atom stereocenters. The predicted molar refractivity (Wildman–Crippen MR) is 68.1 cm³/mol. The van der Waals surface area contributed by atoms with E-state index in [1.54, 1.807) is 29.6 Å². The Balaban J connectivity index is 2.81. The number of hydrogen-bond donors (Lipinski definition) is 1. The van der Waals surface area contributed by atoms with Gasteiger partial charge < -0.3 is 5.32 Å². The molecule has 0 saturated heterocycles. The number of alkyl halides is 5. The first-order valence-electron chi connectivity index (χ1n) is 6.32. The average Bonchev–Trinajstić information content (AvgIpc) is 2.37. The molecule has 0 aliphatic rings. The summed E-state index contributed by atoms with van der Waals surface area (Å²) in [5.41, 5.74) is 1.45. The Morgan fingerprint density at radius 3 is 1.76 bits per heavy atom. The monoisotopic (exact) mass is 309 g/mol. The van der Waals surface area contributed by atoms with E-state index in [-0.39, 0.29) is 5.92 Å². The molecule has 21 heavy (non-hydrogen) atoms. The molecule has 0 saturated carbocycles. The van der Waals surface area contributed by atoms with Gasteiger partial charge in [0, 0.05) is 0 Å². The molecule has 0 spiro atoms. The van der Waals surface area contributed by atoms with Crippen LogP contribution in [0.4, 0.5) is 22.0 Å². The van der Waals surface area contributed by atoms with Gasteiger partial charge in [-0.05, 0) is 24.0 Å². The zero-order chi connectivity index (χ0) is 16.4. The quantitative estimate of drug-likeness (QED) is 0.830. The first-order valence-corrected chi connectivity index (χ1v) is 6.32. The van der Waals surface area contributed by atoms with E-state index in [4.69, 9.17) is 0 Å². The van der Waals surface area contributed by atoms with Gasteiger partial charge in [0.25, 0.3) is 0 Å². The summed E-state index contributed by atoms with van der Waals surface area (Å²) < 4.78 is 61.9. The third-order valence-electron chi connectivity index (χ3n) is 3.09. The van der Waals surface area contributed by atoms with Gasteiger partial charge >= 0.3 is 18.0 Å². The van der Waals surface area contributed by atoms with Crippen LogP contribution in [0.25, 0.3) is 0 Å². The van der Waals surface area contributed by atoms with Crippen molar-refractivity contribution in [3.05, 3.63) is 35.4 Å². The molecule has 1 N–H and O–H groups in total. The fraction of sp³-hybridized carbons (Fsp3) is 0.500. The van der Waals surface area contributed by atoms with Crippen LogP contribution in [0.15, 0.2) is 24.3 Å². The molecule has 0 aromatic heterocycles. The maximum absolute atomic E-state index is 12.8. The normalized spacial score (nSPS) is 14.1. The van der Waals surface area contributed by atoms with Crippen LogP contribution < -0.4 is 5.32 Å². The van der Waals surface area contributed by atoms with Crippen LogP contribution in [-0.2, 0) is 4.79 Å². The lowest BCUT2D eigenvalue weighted by Crippen LogP contribution is -2.50. The van der Waals surface area contributed by atoms with Gasteiger partial charge in [0.15, 0.2) is 0 Å². The number of carbonyl (C=O) groups is 1. The molecule has 0 fully saturated rings. The van der Waals surface area contributed by atoms with E-state index in [9.17, 15) is 26.7 Å². The average molecular weight is 309 g/mol. The topological polar surface area (TPSA) is 29.1 Å². The van der Waals surface area contributed by atoms with Crippen molar-refractivity contribution in [2.24, 2.45) is 0 Å². The SMILES string of the molecule is CC(C)c1ccc(C(C)NC(=O)C(F)(F)C(F)(F)F)cc1. The molecule has 118 valence electrons. The Morgan fingerprint density at radius 2 is 1.38 bits per heavy atom. The number of amides is 1. The predicted octanol–water partition coefficient (Wildman–Crippen LogP) is 4.18. The lowest BCUT2D eigenvalue weighted by molar-refractivity contribution is -0.270. The van der Waals surface area contributed by atoms with Crippen LogP contribution >= 0.6 is 0 Å². The van der Waals surface area contributed by atoms with Crippen LogP contribution in [0, 0.1) is 0 Å². The van der Waals surface area contributed by atoms with Crippen LogP contribution in [0.2, 0.25) is 0 Å². The molecule has 0 aliphatic heterocycles. The van der Waals surface area contributed by atoms with E-state index in [0.717, 1.165) is 5.56 Å². The fourth-order valence-corrected chi connectivity index (χ4v) is 1.67. The molecular weight excluding hydrogens is 293 g/mol. The standard InChI is InChI=1S/C14H16F5NO/c1-8(2)10-4-6-11(7-5-10)9(3)20-12(21)13(15,16)14(17,18)19/h4-9H,1-3H3,(H,20,21). The van der Waals surface area contributed by atoms with Crippen LogP contribution in [-0.4, -0.2) is 18.0 Å². The zero-order valence-electron chi connectivity index (χ0n) is 11.8. The van der Waals surface area contributed by atoms with Crippen molar-refractivity contribution < 1.29 is 26.7 Å². The van der Waals surface area contributed by atoms with E-state index in [1.807, 2.05) is 13.8 Å². The Morgan fingerprint density at radius 1 is 0.952 bits per heavy atom. The minimum Gasteiger partial charge on any atom is -0.344 e. The molecule has 7 heteroatoms. The van der Waals surface area contributed by atoms with E-state index in [0.29, 0.717) is 5.56 Å². The maximum atomic E-state index is 12.8. The highest BCUT2D eigenvalue weighted by Crippen LogP contribution is 2.36. The number of carbonyl (C=O) groups excluding carboxylic acids is 1. The van der Waals surface area contributed by atoms with Crippen LogP contribution in [0.3, 0.4) is 0 Å². The van der Waals surface area contributed by atoms with Gasteiger partial charge in [0.2, 0.25) is 0 Å². The van der Waals surface area contributed by atoms with Crippen molar-refractivity contribution >= 4 is 5.91 Å². The minimum absolute atomic E-state index is 0.263. The van der Waals surface area contributed by atoms with Crippen molar-refractivity contribution in [3.8, 4) is 0 Å². The number of benzene rings is 1. The highest BCUT2D eigenvalue weighted by molar-refractivity contribution is 5.84. The van der Waals surface area contributed by atoms with Gasteiger partial charge in [-0.25, -0.2) is 0 Å². The molecule has 1 aromatic carbocycles. The Hall–Kier alpha value is -1.66. The molecule has 2 nitrogen and oxygen atoms in total. The van der Waals surface area contributed by atoms with Crippen molar-refractivity contribution in [1.82, 2.24) is 5.32 Å². The second kappa shape index (κ2) is 5.99. The summed E-state index contributed by atoms with van der Waals surface area (Å²) in [6.07, 6.45) is -5.90. The number of halogens is 5. The summed E-state index contributed by atoms with van der Waals surface area (Å²) in [4.78, 5) is 11.1. The molecule has 1 unspecified atom stereocenters. The Labute approximate surface area is 119 Å². The maximum Gasteiger partial charge on any atom is 0.463 e. The summed E-state index contributed by atoms with van der Waals surface area (Å²) in [6, 6.07) is 5.71. The first-order chi connectivity index (χ1) is 9.46. The summed E-state index contributed by atoms with van der Waals surface area (Å²) in [5, 5.41) is 1.68. The summed E-state index contributed by atoms with van der Waals surface area (Å²) in [6.45, 7) is 5.27. The van der Waals surface area contributed by atoms with E-state index in [1.165, 1.54) is 6.92 Å². The van der Waals surface area contributed by atoms with Crippen molar-refractivity contribution in [3.63, 3.8) is 0 Å². The molecule has 0 aliphatic carbocycles. The summed E-state index contributed by atoms with van der Waals surface area (Å²) in [7, 11) is 0. The lowest BCUT2D eigenvalue weighted by atomic mass is 9.99. The fourth-order valence-electron chi connectivity index (χ4n) is 1.67. The third-order valence-corrected chi connectivity index (χ3v) is 3.09. The van der Waals surface area contributed by atoms with Gasteiger partial charge in [-0.2, -0.15) is 22.0 Å². The molecule has 1 rings (SSSR count). The minimum atomic E-state index is -5.90. The van der Waals surface area contributed by atoms with Crippen molar-refractivity contribution in [1.29, 1.82) is 0 Å². The molecule has 1 amide bonds. The summed E-state index contributed by atoms with van der Waals surface area (Å²) in [5.74, 6) is -7.49. The highest BCUT2D eigenvalue weighted by atomic mass is 19.4. The zero-order valence-corrected chi connectivity index (χ0v) is 11.8. The molecule has 0 radical (unpaired) electrons. The smallest absolute Gasteiger partial charge is 0.344 e. The molecule has 1 aromatic rings. The molecular formula is C14H16F5NO. The Kier molecular flexibility index (Phi) is 4.96. The van der Waals surface area contributed by atoms with Gasteiger partial charge in [-0.3, -0.25) is 4.79 Å². The van der Waals surface area contributed by atoms with Gasteiger partial charge in [0.05, 0.1) is 6.04 Å². The lowest BCUT2D eigenvalue weighted by Gasteiger charge is -2.22. The number of hydrogen-bond acceptors (Lipinski definition) is 1. The molecule has 0 bridgehead atoms. The Bertz CT molecular complexity index is 493. The van der Waals surface area contributed by atoms with E-state index in [2.05, 4.69) is 0 Å². The van der Waals surface area contributed by atoms with Crippen LogP contribution in [0.1, 0.15) is 43.9 Å². The molecule has 0 heterocycles. The van der Waals surface area contributed by atoms with Crippen molar-refractivity contribution in [2.75, 3.05) is 0 Å². The first kappa shape index (κ1) is 17.4. The van der Waals surface area contributed by atoms with Crippen molar-refractivity contribution in [2.45, 2.75) is 44.8 Å². The second-order valence-corrected chi connectivity index (χ2v) is 5.09.